The summed E-state index contributed by atoms with van der Waals surface area (Å²) in [5, 5.41) is 12.2. The molecule has 6 nitrogen and oxygen atoms in total. The largest absolute Gasteiger partial charge is 0.478 e. The van der Waals surface area contributed by atoms with Gasteiger partial charge in [0.25, 0.3) is 0 Å². The van der Waals surface area contributed by atoms with Crippen LogP contribution in [0.5, 0.6) is 0 Å². The van der Waals surface area contributed by atoms with Gasteiger partial charge in [-0.2, -0.15) is 0 Å². The van der Waals surface area contributed by atoms with Gasteiger partial charge in [-0.3, -0.25) is 5.32 Å². The summed E-state index contributed by atoms with van der Waals surface area (Å²) in [6.45, 7) is 7.28. The highest BCUT2D eigenvalue weighted by molar-refractivity contribution is 7.17. The number of carbonyl (C=O) groups is 2. The van der Waals surface area contributed by atoms with Crippen molar-refractivity contribution in [3.05, 3.63) is 28.7 Å². The molecule has 21 heavy (non-hydrogen) atoms. The molecule has 1 aliphatic heterocycles. The molecule has 7 heteroatoms. The van der Waals surface area contributed by atoms with Crippen LogP contribution in [-0.4, -0.2) is 29.9 Å². The van der Waals surface area contributed by atoms with Crippen LogP contribution < -0.4 is 5.32 Å². The maximum atomic E-state index is 11.6. The zero-order chi connectivity index (χ0) is 15.6. The second kappa shape index (κ2) is 6.28. The highest BCUT2D eigenvalue weighted by Crippen LogP contribution is 2.42. The molecule has 2 unspecified atom stereocenters. The number of carboxylic acid groups (broad SMARTS) is 1. The van der Waals surface area contributed by atoms with Gasteiger partial charge in [0.2, 0.25) is 0 Å². The molecule has 114 valence electrons. The minimum atomic E-state index is -1.06. The lowest BCUT2D eigenvalue weighted by Gasteiger charge is -2.25. The molecule has 1 amide bonds. The molecule has 2 rings (SSSR count). The van der Waals surface area contributed by atoms with E-state index < -0.39 is 12.1 Å². The second-order valence-electron chi connectivity index (χ2n) is 4.76. The first-order valence-corrected chi connectivity index (χ1v) is 7.34. The molecule has 1 aliphatic rings. The van der Waals surface area contributed by atoms with E-state index in [4.69, 9.17) is 9.47 Å². The van der Waals surface area contributed by atoms with Crippen LogP contribution in [0.1, 0.15) is 40.8 Å². The summed E-state index contributed by atoms with van der Waals surface area (Å²) < 4.78 is 10.5. The number of carbonyl (C=O) groups excluding carboxylic acids is 1. The number of nitrogens with one attached hydrogen (secondary N) is 1. The first-order chi connectivity index (χ1) is 9.93. The molecule has 0 bridgehead atoms. The molecule has 0 aromatic carbocycles. The van der Waals surface area contributed by atoms with Gasteiger partial charge in [0.15, 0.2) is 0 Å². The van der Waals surface area contributed by atoms with Crippen molar-refractivity contribution in [1.82, 2.24) is 0 Å². The lowest BCUT2D eigenvalue weighted by Crippen LogP contribution is -2.22. The number of anilines is 1. The fraction of sp³-hybridized carbons (Fsp3) is 0.429. The Balaban J connectivity index is 2.33. The van der Waals surface area contributed by atoms with Gasteiger partial charge in [0.05, 0.1) is 17.8 Å². The Morgan fingerprint density at radius 3 is 2.90 bits per heavy atom. The molecule has 0 saturated carbocycles. The van der Waals surface area contributed by atoms with Crippen LogP contribution in [0.2, 0.25) is 0 Å². The van der Waals surface area contributed by atoms with Gasteiger partial charge in [0, 0.05) is 11.3 Å². The van der Waals surface area contributed by atoms with E-state index in [0.717, 1.165) is 10.4 Å². The third-order valence-corrected chi connectivity index (χ3v) is 4.41. The Morgan fingerprint density at radius 2 is 2.29 bits per heavy atom. The number of carboxylic acids is 1. The van der Waals surface area contributed by atoms with E-state index in [9.17, 15) is 14.7 Å². The van der Waals surface area contributed by atoms with Crippen LogP contribution in [0.15, 0.2) is 12.7 Å². The summed E-state index contributed by atoms with van der Waals surface area (Å²) in [5.74, 6) is -1.06. The molecule has 1 aromatic heterocycles. The van der Waals surface area contributed by atoms with E-state index in [-0.39, 0.29) is 29.4 Å². The van der Waals surface area contributed by atoms with Crippen molar-refractivity contribution in [3.63, 3.8) is 0 Å². The Labute approximate surface area is 126 Å². The third-order valence-electron chi connectivity index (χ3n) is 3.10. The standard InChI is InChI=1S/C14H17NO5S/c1-4-5-19-14(18)15-12-10(13(16)17)9-6-7(2)20-8(3)11(9)21-12/h4,7-8H,1,5-6H2,2-3H3,(H,15,18)(H,16,17). The topological polar surface area (TPSA) is 84.9 Å². The molecule has 2 heterocycles. The van der Waals surface area contributed by atoms with Gasteiger partial charge in [-0.15, -0.1) is 11.3 Å². The summed E-state index contributed by atoms with van der Waals surface area (Å²) in [6.07, 6.45) is 1.01. The molecule has 0 radical (unpaired) electrons. The van der Waals surface area contributed by atoms with Crippen molar-refractivity contribution in [3.8, 4) is 0 Å². The summed E-state index contributed by atoms with van der Waals surface area (Å²) in [7, 11) is 0. The smallest absolute Gasteiger partial charge is 0.412 e. The highest BCUT2D eigenvalue weighted by atomic mass is 32.1. The maximum Gasteiger partial charge on any atom is 0.412 e. The fourth-order valence-corrected chi connectivity index (χ4v) is 3.53. The van der Waals surface area contributed by atoms with Gasteiger partial charge in [-0.05, 0) is 19.4 Å². The number of rotatable bonds is 4. The van der Waals surface area contributed by atoms with E-state index in [2.05, 4.69) is 11.9 Å². The average molecular weight is 311 g/mol. The molecule has 0 aliphatic carbocycles. The van der Waals surface area contributed by atoms with Crippen molar-refractivity contribution < 1.29 is 24.2 Å². The summed E-state index contributed by atoms with van der Waals surface area (Å²) in [6, 6.07) is 0. The molecular weight excluding hydrogens is 294 g/mol. The zero-order valence-electron chi connectivity index (χ0n) is 11.8. The van der Waals surface area contributed by atoms with Crippen LogP contribution in [0, 0.1) is 0 Å². The van der Waals surface area contributed by atoms with Crippen LogP contribution in [0.4, 0.5) is 9.80 Å². The lowest BCUT2D eigenvalue weighted by molar-refractivity contribution is -0.00238. The van der Waals surface area contributed by atoms with Gasteiger partial charge in [-0.1, -0.05) is 12.7 Å². The quantitative estimate of drug-likeness (QED) is 0.834. The number of thiophene rings is 1. The molecule has 0 fully saturated rings. The Bertz CT molecular complexity index is 580. The Morgan fingerprint density at radius 1 is 1.57 bits per heavy atom. The molecule has 2 N–H and O–H groups in total. The molecule has 0 saturated heterocycles. The number of ether oxygens (including phenoxy) is 2. The van der Waals surface area contributed by atoms with Crippen molar-refractivity contribution in [2.24, 2.45) is 0 Å². The number of fused-ring (bicyclic) bond motifs is 1. The molecule has 1 aromatic rings. The van der Waals surface area contributed by atoms with E-state index in [1.807, 2.05) is 13.8 Å². The normalized spacial score (nSPS) is 20.5. The SMILES string of the molecule is C=CCOC(=O)Nc1sc2c(c1C(=O)O)CC(C)OC2C. The van der Waals surface area contributed by atoms with E-state index >= 15 is 0 Å². The minimum Gasteiger partial charge on any atom is -0.478 e. The van der Waals surface area contributed by atoms with Crippen molar-refractivity contribution in [1.29, 1.82) is 0 Å². The highest BCUT2D eigenvalue weighted by Gasteiger charge is 2.32. The number of aromatic carboxylic acids is 1. The fourth-order valence-electron chi connectivity index (χ4n) is 2.34. The first-order valence-electron chi connectivity index (χ1n) is 6.53. The monoisotopic (exact) mass is 311 g/mol. The van der Waals surface area contributed by atoms with E-state index in [1.165, 1.54) is 17.4 Å². The zero-order valence-corrected chi connectivity index (χ0v) is 12.7. The van der Waals surface area contributed by atoms with Crippen LogP contribution in [0.25, 0.3) is 0 Å². The van der Waals surface area contributed by atoms with Crippen LogP contribution in [-0.2, 0) is 15.9 Å². The second-order valence-corrected chi connectivity index (χ2v) is 5.81. The predicted octanol–water partition coefficient (Wildman–Crippen LogP) is 3.20. The molecule has 0 spiro atoms. The lowest BCUT2D eigenvalue weighted by atomic mass is 9.99. The maximum absolute atomic E-state index is 11.6. The van der Waals surface area contributed by atoms with Gasteiger partial charge < -0.3 is 14.6 Å². The van der Waals surface area contributed by atoms with E-state index in [0.29, 0.717) is 6.42 Å². The van der Waals surface area contributed by atoms with Crippen molar-refractivity contribution in [2.75, 3.05) is 11.9 Å². The van der Waals surface area contributed by atoms with Crippen molar-refractivity contribution in [2.45, 2.75) is 32.5 Å². The van der Waals surface area contributed by atoms with Crippen LogP contribution >= 0.6 is 11.3 Å². The number of hydrogen-bond donors (Lipinski definition) is 2. The first kappa shape index (κ1) is 15.5. The average Bonchev–Trinajstić information content (AvgIpc) is 2.74. The third kappa shape index (κ3) is 3.25. The molecular formula is C14H17NO5S. The number of hydrogen-bond acceptors (Lipinski definition) is 5. The number of amides is 1. The summed E-state index contributed by atoms with van der Waals surface area (Å²) >= 11 is 1.22. The van der Waals surface area contributed by atoms with E-state index in [1.54, 1.807) is 0 Å². The van der Waals surface area contributed by atoms with Gasteiger partial charge in [-0.25, -0.2) is 9.59 Å². The molecule has 2 atom stereocenters. The predicted molar refractivity (Wildman–Crippen MR) is 79.1 cm³/mol. The Hall–Kier alpha value is -1.86. The van der Waals surface area contributed by atoms with Gasteiger partial charge in [0.1, 0.15) is 11.6 Å². The summed E-state index contributed by atoms with van der Waals surface area (Å²) in [5.41, 5.74) is 0.866. The minimum absolute atomic E-state index is 0.0548. The summed E-state index contributed by atoms with van der Waals surface area (Å²) in [4.78, 5) is 24.0. The Kier molecular flexibility index (Phi) is 4.64. The van der Waals surface area contributed by atoms with Crippen molar-refractivity contribution >= 4 is 28.4 Å². The van der Waals surface area contributed by atoms with Crippen LogP contribution in [0.3, 0.4) is 0 Å². The van der Waals surface area contributed by atoms with Gasteiger partial charge >= 0.3 is 12.1 Å².